The number of carbonyl (C=O) groups excluding carboxylic acids is 1. The summed E-state index contributed by atoms with van der Waals surface area (Å²) in [6.45, 7) is 2.24. The van der Waals surface area contributed by atoms with Gasteiger partial charge in [-0.1, -0.05) is 69.4 Å². The first-order chi connectivity index (χ1) is 10.3. The third-order valence-electron chi connectivity index (χ3n) is 4.96. The van der Waals surface area contributed by atoms with Crippen LogP contribution in [0.25, 0.3) is 0 Å². The predicted octanol–water partition coefficient (Wildman–Crippen LogP) is 5.89. The molecule has 0 unspecified atom stereocenters. The van der Waals surface area contributed by atoms with Gasteiger partial charge in [0.1, 0.15) is 5.78 Å². The Morgan fingerprint density at radius 2 is 1.71 bits per heavy atom. The Labute approximate surface area is 130 Å². The van der Waals surface area contributed by atoms with E-state index in [0.717, 1.165) is 25.7 Å². The van der Waals surface area contributed by atoms with Crippen LogP contribution >= 0.6 is 0 Å². The Kier molecular flexibility index (Phi) is 6.99. The van der Waals surface area contributed by atoms with Crippen LogP contribution in [-0.4, -0.2) is 5.78 Å². The van der Waals surface area contributed by atoms with Crippen molar-refractivity contribution in [3.8, 4) is 0 Å². The zero-order valence-corrected chi connectivity index (χ0v) is 13.5. The Hall–Kier alpha value is -1.11. The normalized spacial score (nSPS) is 18.1. The van der Waals surface area contributed by atoms with E-state index in [9.17, 15) is 4.79 Å². The van der Waals surface area contributed by atoms with Crippen LogP contribution in [0.5, 0.6) is 0 Å². The van der Waals surface area contributed by atoms with Crippen molar-refractivity contribution in [1.29, 1.82) is 0 Å². The molecular weight excluding hydrogens is 256 g/mol. The zero-order valence-electron chi connectivity index (χ0n) is 13.5. The molecule has 0 spiro atoms. The summed E-state index contributed by atoms with van der Waals surface area (Å²) in [4.78, 5) is 12.5. The number of ketones is 1. The van der Waals surface area contributed by atoms with Crippen LogP contribution in [0.3, 0.4) is 0 Å². The standard InChI is InChI=1S/C20H30O/c1-2-10-17(18-11-8-5-9-12-18)15-16-20(21)19-13-6-3-4-7-14-19/h5,8-9,11-12,17,19H,2-4,6-7,10,13-16H2,1H3/t17-/m1/s1. The van der Waals surface area contributed by atoms with Crippen LogP contribution in [0.15, 0.2) is 30.3 Å². The Morgan fingerprint density at radius 3 is 2.33 bits per heavy atom. The van der Waals surface area contributed by atoms with Crippen molar-refractivity contribution in [2.24, 2.45) is 5.92 Å². The smallest absolute Gasteiger partial charge is 0.135 e. The molecule has 1 aliphatic carbocycles. The molecule has 0 heterocycles. The highest BCUT2D eigenvalue weighted by Gasteiger charge is 2.21. The SMILES string of the molecule is CCC[C@H](CCC(=O)C1CCCCCC1)c1ccccc1. The summed E-state index contributed by atoms with van der Waals surface area (Å²) in [5.41, 5.74) is 1.41. The lowest BCUT2D eigenvalue weighted by Crippen LogP contribution is -2.15. The molecule has 0 N–H and O–H groups in total. The van der Waals surface area contributed by atoms with Gasteiger partial charge in [-0.05, 0) is 37.2 Å². The van der Waals surface area contributed by atoms with E-state index < -0.39 is 0 Å². The lowest BCUT2D eigenvalue weighted by molar-refractivity contribution is -0.123. The zero-order chi connectivity index (χ0) is 14.9. The number of carbonyl (C=O) groups is 1. The minimum atomic E-state index is 0.366. The van der Waals surface area contributed by atoms with Gasteiger partial charge in [0.25, 0.3) is 0 Å². The first-order valence-corrected chi connectivity index (χ1v) is 8.89. The van der Waals surface area contributed by atoms with Crippen molar-refractivity contribution in [2.75, 3.05) is 0 Å². The molecule has 116 valence electrons. The molecule has 2 rings (SSSR count). The monoisotopic (exact) mass is 286 g/mol. The fraction of sp³-hybridized carbons (Fsp3) is 0.650. The fourth-order valence-electron chi connectivity index (χ4n) is 3.67. The molecule has 1 heteroatoms. The molecule has 1 aromatic rings. The third kappa shape index (κ3) is 5.30. The maximum absolute atomic E-state index is 12.5. The van der Waals surface area contributed by atoms with E-state index in [1.165, 1.54) is 44.1 Å². The number of benzene rings is 1. The van der Waals surface area contributed by atoms with E-state index in [1.54, 1.807) is 0 Å². The highest BCUT2D eigenvalue weighted by Crippen LogP contribution is 2.29. The molecule has 1 nitrogen and oxygen atoms in total. The molecule has 0 saturated heterocycles. The molecule has 0 aliphatic heterocycles. The molecule has 1 aromatic carbocycles. The van der Waals surface area contributed by atoms with Crippen LogP contribution in [0.2, 0.25) is 0 Å². The first-order valence-electron chi connectivity index (χ1n) is 8.89. The van der Waals surface area contributed by atoms with Crippen molar-refractivity contribution < 1.29 is 4.79 Å². The largest absolute Gasteiger partial charge is 0.299 e. The summed E-state index contributed by atoms with van der Waals surface area (Å²) in [7, 11) is 0. The Bertz CT molecular complexity index is 401. The van der Waals surface area contributed by atoms with Gasteiger partial charge in [0.2, 0.25) is 0 Å². The molecular formula is C20H30O. The lowest BCUT2D eigenvalue weighted by Gasteiger charge is -2.18. The second-order valence-electron chi connectivity index (χ2n) is 6.59. The van der Waals surface area contributed by atoms with Gasteiger partial charge in [-0.3, -0.25) is 4.79 Å². The summed E-state index contributed by atoms with van der Waals surface area (Å²) in [5.74, 6) is 1.46. The van der Waals surface area contributed by atoms with Crippen molar-refractivity contribution in [2.45, 2.75) is 77.0 Å². The molecule has 0 radical (unpaired) electrons. The predicted molar refractivity (Wildman–Crippen MR) is 89.5 cm³/mol. The molecule has 1 saturated carbocycles. The minimum Gasteiger partial charge on any atom is -0.299 e. The maximum Gasteiger partial charge on any atom is 0.135 e. The highest BCUT2D eigenvalue weighted by molar-refractivity contribution is 5.81. The summed E-state index contributed by atoms with van der Waals surface area (Å²) in [6.07, 6.45) is 11.7. The summed E-state index contributed by atoms with van der Waals surface area (Å²) < 4.78 is 0. The average molecular weight is 286 g/mol. The van der Waals surface area contributed by atoms with E-state index in [4.69, 9.17) is 0 Å². The highest BCUT2D eigenvalue weighted by atomic mass is 16.1. The Morgan fingerprint density at radius 1 is 1.05 bits per heavy atom. The summed E-state index contributed by atoms with van der Waals surface area (Å²) in [5, 5.41) is 0. The van der Waals surface area contributed by atoms with E-state index >= 15 is 0 Å². The first kappa shape index (κ1) is 16.3. The van der Waals surface area contributed by atoms with Gasteiger partial charge in [-0.25, -0.2) is 0 Å². The summed E-state index contributed by atoms with van der Waals surface area (Å²) >= 11 is 0. The molecule has 1 atom stereocenters. The lowest BCUT2D eigenvalue weighted by atomic mass is 9.86. The topological polar surface area (TPSA) is 17.1 Å². The van der Waals surface area contributed by atoms with E-state index in [0.29, 0.717) is 17.6 Å². The van der Waals surface area contributed by atoms with Crippen molar-refractivity contribution in [3.63, 3.8) is 0 Å². The van der Waals surface area contributed by atoms with Crippen LogP contribution in [0.4, 0.5) is 0 Å². The number of hydrogen-bond acceptors (Lipinski definition) is 1. The molecule has 0 bridgehead atoms. The fourth-order valence-corrected chi connectivity index (χ4v) is 3.67. The van der Waals surface area contributed by atoms with E-state index in [-0.39, 0.29) is 0 Å². The molecule has 1 fully saturated rings. The van der Waals surface area contributed by atoms with Gasteiger partial charge in [-0.2, -0.15) is 0 Å². The van der Waals surface area contributed by atoms with Crippen LogP contribution in [0.1, 0.15) is 82.6 Å². The number of Topliss-reactive ketones (excluding diaryl/α,β-unsaturated/α-hetero) is 1. The van der Waals surface area contributed by atoms with Gasteiger partial charge in [-0.15, -0.1) is 0 Å². The van der Waals surface area contributed by atoms with Gasteiger partial charge >= 0.3 is 0 Å². The van der Waals surface area contributed by atoms with E-state index in [1.807, 2.05) is 0 Å². The van der Waals surface area contributed by atoms with Crippen molar-refractivity contribution in [3.05, 3.63) is 35.9 Å². The third-order valence-corrected chi connectivity index (χ3v) is 4.96. The molecule has 1 aliphatic rings. The maximum atomic E-state index is 12.5. The molecule has 0 aromatic heterocycles. The van der Waals surface area contributed by atoms with Crippen LogP contribution in [0, 0.1) is 5.92 Å². The quantitative estimate of drug-likeness (QED) is 0.571. The average Bonchev–Trinajstić information content (AvgIpc) is 2.81. The van der Waals surface area contributed by atoms with Gasteiger partial charge in [0.05, 0.1) is 0 Å². The Balaban J connectivity index is 1.87. The number of rotatable bonds is 7. The van der Waals surface area contributed by atoms with Crippen molar-refractivity contribution in [1.82, 2.24) is 0 Å². The second-order valence-corrected chi connectivity index (χ2v) is 6.59. The van der Waals surface area contributed by atoms with Crippen molar-refractivity contribution >= 4 is 5.78 Å². The number of hydrogen-bond donors (Lipinski definition) is 0. The van der Waals surface area contributed by atoms with Gasteiger partial charge in [0, 0.05) is 12.3 Å². The van der Waals surface area contributed by atoms with Gasteiger partial charge in [0.15, 0.2) is 0 Å². The summed E-state index contributed by atoms with van der Waals surface area (Å²) in [6, 6.07) is 10.7. The van der Waals surface area contributed by atoms with Crippen LogP contribution in [-0.2, 0) is 4.79 Å². The van der Waals surface area contributed by atoms with E-state index in [2.05, 4.69) is 37.3 Å². The van der Waals surface area contributed by atoms with Gasteiger partial charge < -0.3 is 0 Å². The molecule has 21 heavy (non-hydrogen) atoms. The van der Waals surface area contributed by atoms with Crippen LogP contribution < -0.4 is 0 Å². The second kappa shape index (κ2) is 9.02. The minimum absolute atomic E-state index is 0.366. The molecule has 0 amide bonds.